The van der Waals surface area contributed by atoms with Crippen LogP contribution >= 0.6 is 0 Å². The third-order valence-electron chi connectivity index (χ3n) is 6.26. The molecule has 144 valence electrons. The van der Waals surface area contributed by atoms with E-state index in [-0.39, 0.29) is 6.29 Å². The van der Waals surface area contributed by atoms with Crippen LogP contribution in [0, 0.1) is 11.8 Å². The van der Waals surface area contributed by atoms with Gasteiger partial charge in [-0.15, -0.1) is 0 Å². The van der Waals surface area contributed by atoms with Gasteiger partial charge < -0.3 is 14.2 Å². The second-order valence-corrected chi connectivity index (χ2v) is 7.90. The fourth-order valence-electron chi connectivity index (χ4n) is 4.86. The van der Waals surface area contributed by atoms with Crippen LogP contribution in [0.25, 0.3) is 0 Å². The molecule has 1 aromatic heterocycles. The van der Waals surface area contributed by atoms with Crippen molar-refractivity contribution in [3.63, 3.8) is 0 Å². The molecule has 0 aromatic carbocycles. The Balaban J connectivity index is 1.43. The van der Waals surface area contributed by atoms with E-state index in [1.807, 2.05) is 19.1 Å². The Hall–Kier alpha value is -1.05. The van der Waals surface area contributed by atoms with Crippen LogP contribution in [-0.4, -0.2) is 36.4 Å². The fourth-order valence-corrected chi connectivity index (χ4v) is 4.86. The lowest BCUT2D eigenvalue weighted by Gasteiger charge is -2.53. The van der Waals surface area contributed by atoms with E-state index in [0.29, 0.717) is 25.0 Å². The lowest BCUT2D eigenvalue weighted by atomic mass is 9.65. The van der Waals surface area contributed by atoms with Gasteiger partial charge in [-0.05, 0) is 62.1 Å². The van der Waals surface area contributed by atoms with Gasteiger partial charge in [0.15, 0.2) is 11.9 Å². The molecule has 0 radical (unpaired) electrons. The maximum absolute atomic E-state index is 6.20. The van der Waals surface area contributed by atoms with E-state index in [9.17, 15) is 0 Å². The van der Waals surface area contributed by atoms with Crippen molar-refractivity contribution in [1.29, 1.82) is 0 Å². The molecule has 6 heteroatoms. The average Bonchev–Trinajstić information content (AvgIpc) is 2.90. The maximum atomic E-state index is 6.20. The minimum atomic E-state index is -0.703. The zero-order chi connectivity index (χ0) is 18.0. The van der Waals surface area contributed by atoms with Gasteiger partial charge in [0.1, 0.15) is 0 Å². The van der Waals surface area contributed by atoms with Crippen LogP contribution in [0.3, 0.4) is 0 Å². The maximum Gasteiger partial charge on any atom is 0.201 e. The SMILES string of the molecule is CO[C@H]1O[C@@]2(C)CC[C@H]3CCC[C@@H](CCOCc4ccncc4)[C@]31OO2. The first-order valence-electron chi connectivity index (χ1n) is 9.70. The monoisotopic (exact) mass is 363 g/mol. The van der Waals surface area contributed by atoms with E-state index in [2.05, 4.69) is 4.98 Å². The molecule has 2 bridgehead atoms. The number of ether oxygens (including phenoxy) is 3. The Morgan fingerprint density at radius 1 is 1.19 bits per heavy atom. The Labute approximate surface area is 155 Å². The van der Waals surface area contributed by atoms with Crippen molar-refractivity contribution in [2.75, 3.05) is 13.7 Å². The molecule has 6 nitrogen and oxygen atoms in total. The second-order valence-electron chi connectivity index (χ2n) is 7.90. The number of aromatic nitrogens is 1. The Bertz CT molecular complexity index is 599. The second kappa shape index (κ2) is 7.52. The number of methoxy groups -OCH3 is 1. The molecule has 3 aliphatic heterocycles. The third kappa shape index (κ3) is 3.29. The van der Waals surface area contributed by atoms with E-state index in [1.54, 1.807) is 19.5 Å². The molecule has 1 aliphatic carbocycles. The van der Waals surface area contributed by atoms with E-state index in [1.165, 1.54) is 6.42 Å². The minimum absolute atomic E-state index is 0.297. The summed E-state index contributed by atoms with van der Waals surface area (Å²) in [5, 5.41) is 0. The number of hydrogen-bond acceptors (Lipinski definition) is 6. The lowest BCUT2D eigenvalue weighted by molar-refractivity contribution is -0.554. The van der Waals surface area contributed by atoms with Gasteiger partial charge in [0.25, 0.3) is 0 Å². The molecule has 3 saturated heterocycles. The first-order valence-corrected chi connectivity index (χ1v) is 9.70. The van der Waals surface area contributed by atoms with Crippen molar-refractivity contribution in [1.82, 2.24) is 4.98 Å². The van der Waals surface area contributed by atoms with E-state index in [0.717, 1.165) is 37.7 Å². The molecular weight excluding hydrogens is 334 g/mol. The molecule has 0 unspecified atom stereocenters. The van der Waals surface area contributed by atoms with Crippen LogP contribution in [0.15, 0.2) is 24.5 Å². The summed E-state index contributed by atoms with van der Waals surface area (Å²) < 4.78 is 17.9. The van der Waals surface area contributed by atoms with Crippen LogP contribution in [0.2, 0.25) is 0 Å². The average molecular weight is 363 g/mol. The number of rotatable bonds is 6. The van der Waals surface area contributed by atoms with Gasteiger partial charge in [0.2, 0.25) is 5.79 Å². The molecule has 4 aliphatic rings. The molecule has 0 amide bonds. The van der Waals surface area contributed by atoms with Gasteiger partial charge in [-0.1, -0.05) is 6.42 Å². The summed E-state index contributed by atoms with van der Waals surface area (Å²) in [4.78, 5) is 15.9. The smallest absolute Gasteiger partial charge is 0.201 e. The highest BCUT2D eigenvalue weighted by Gasteiger charge is 2.63. The summed E-state index contributed by atoms with van der Waals surface area (Å²) in [6, 6.07) is 3.96. The predicted molar refractivity (Wildman–Crippen MR) is 93.8 cm³/mol. The van der Waals surface area contributed by atoms with Gasteiger partial charge in [-0.2, -0.15) is 0 Å². The summed E-state index contributed by atoms with van der Waals surface area (Å²) in [6.45, 7) is 3.22. The highest BCUT2D eigenvalue weighted by Crippen LogP contribution is 2.55. The van der Waals surface area contributed by atoms with Crippen LogP contribution in [0.1, 0.15) is 51.0 Å². The van der Waals surface area contributed by atoms with Crippen molar-refractivity contribution < 1.29 is 24.0 Å². The van der Waals surface area contributed by atoms with Crippen LogP contribution < -0.4 is 0 Å². The fraction of sp³-hybridized carbons (Fsp3) is 0.750. The highest BCUT2D eigenvalue weighted by atomic mass is 17.3. The molecule has 5 atom stereocenters. The molecule has 1 spiro atoms. The standard InChI is InChI=1S/C20H29NO5/c1-19-10-6-16-4-3-5-17(20(16,26-25-19)18(22-2)24-19)9-13-23-14-15-7-11-21-12-8-15/h7-8,11-12,16-18H,3-6,9-10,13-14H2,1-2H3/t16-,17+,18+,19-,20-/m1/s1. The molecular formula is C20H29NO5. The minimum Gasteiger partial charge on any atom is -0.377 e. The summed E-state index contributed by atoms with van der Waals surface area (Å²) in [7, 11) is 1.70. The highest BCUT2D eigenvalue weighted by molar-refractivity contribution is 5.08. The van der Waals surface area contributed by atoms with Crippen molar-refractivity contribution in [2.24, 2.45) is 11.8 Å². The van der Waals surface area contributed by atoms with Gasteiger partial charge in [-0.3, -0.25) is 4.98 Å². The molecule has 5 rings (SSSR count). The lowest BCUT2D eigenvalue weighted by Crippen LogP contribution is -2.63. The Morgan fingerprint density at radius 3 is 2.85 bits per heavy atom. The van der Waals surface area contributed by atoms with Crippen LogP contribution in [0.5, 0.6) is 0 Å². The summed E-state index contributed by atoms with van der Waals surface area (Å²) in [6.07, 6.45) is 9.41. The number of fused-ring (bicyclic) bond motifs is 3. The van der Waals surface area contributed by atoms with Gasteiger partial charge >= 0.3 is 0 Å². The first-order chi connectivity index (χ1) is 12.7. The van der Waals surface area contributed by atoms with Gasteiger partial charge in [0, 0.05) is 32.5 Å². The number of nitrogens with zero attached hydrogens (tertiary/aromatic N) is 1. The molecule has 4 heterocycles. The predicted octanol–water partition coefficient (Wildman–Crippen LogP) is 3.60. The van der Waals surface area contributed by atoms with Crippen LogP contribution in [0.4, 0.5) is 0 Å². The van der Waals surface area contributed by atoms with Crippen LogP contribution in [-0.2, 0) is 30.6 Å². The Morgan fingerprint density at radius 2 is 2.04 bits per heavy atom. The first kappa shape index (κ1) is 18.3. The zero-order valence-electron chi connectivity index (χ0n) is 15.7. The summed E-state index contributed by atoms with van der Waals surface area (Å²) in [5.41, 5.74) is 0.614. The van der Waals surface area contributed by atoms with Crippen molar-refractivity contribution in [2.45, 2.75) is 69.7 Å². The Kier molecular flexibility index (Phi) is 5.30. The molecule has 0 N–H and O–H groups in total. The van der Waals surface area contributed by atoms with Crippen molar-refractivity contribution in [3.05, 3.63) is 30.1 Å². The van der Waals surface area contributed by atoms with E-state index < -0.39 is 11.4 Å². The largest absolute Gasteiger partial charge is 0.377 e. The zero-order valence-corrected chi connectivity index (χ0v) is 15.7. The van der Waals surface area contributed by atoms with Gasteiger partial charge in [0.05, 0.1) is 6.61 Å². The molecule has 1 aromatic rings. The van der Waals surface area contributed by atoms with Gasteiger partial charge in [-0.25, -0.2) is 9.78 Å². The quantitative estimate of drug-likeness (QED) is 0.568. The summed E-state index contributed by atoms with van der Waals surface area (Å²) >= 11 is 0. The number of hydrogen-bond donors (Lipinski definition) is 0. The normalized spacial score (nSPS) is 39.4. The molecule has 4 fully saturated rings. The third-order valence-corrected chi connectivity index (χ3v) is 6.26. The van der Waals surface area contributed by atoms with Crippen molar-refractivity contribution in [3.8, 4) is 0 Å². The number of pyridine rings is 1. The molecule has 26 heavy (non-hydrogen) atoms. The molecule has 1 saturated carbocycles. The topological polar surface area (TPSA) is 59.0 Å². The van der Waals surface area contributed by atoms with Crippen molar-refractivity contribution >= 4 is 0 Å². The van der Waals surface area contributed by atoms with E-state index in [4.69, 9.17) is 24.0 Å². The summed E-state index contributed by atoms with van der Waals surface area (Å²) in [5.74, 6) is -0.00641. The van der Waals surface area contributed by atoms with E-state index >= 15 is 0 Å².